The van der Waals surface area contributed by atoms with Gasteiger partial charge in [-0.15, -0.1) is 0 Å². The maximum atomic E-state index is 14.2. The van der Waals surface area contributed by atoms with Crippen LogP contribution in [0.1, 0.15) is 39.1 Å². The first-order valence-corrected chi connectivity index (χ1v) is 9.66. The minimum absolute atomic E-state index is 0.00368. The highest BCUT2D eigenvalue weighted by molar-refractivity contribution is 6.08. The molecule has 1 aliphatic rings. The molecule has 2 aromatic carbocycles. The van der Waals surface area contributed by atoms with Gasteiger partial charge in [-0.2, -0.15) is 13.2 Å². The van der Waals surface area contributed by atoms with Crippen LogP contribution >= 0.6 is 0 Å². The van der Waals surface area contributed by atoms with E-state index in [1.807, 2.05) is 0 Å². The van der Waals surface area contributed by atoms with Crippen LogP contribution in [0.15, 0.2) is 36.5 Å². The van der Waals surface area contributed by atoms with E-state index in [-0.39, 0.29) is 39.3 Å². The molecule has 1 saturated carbocycles. The summed E-state index contributed by atoms with van der Waals surface area (Å²) >= 11 is 0. The molecular weight excluding hydrogens is 430 g/mol. The summed E-state index contributed by atoms with van der Waals surface area (Å²) in [7, 11) is 1.53. The van der Waals surface area contributed by atoms with E-state index in [4.69, 9.17) is 5.11 Å². The number of hydrogen-bond donors (Lipinski definition) is 3. The molecule has 0 aliphatic heterocycles. The second-order valence-corrected chi connectivity index (χ2v) is 7.46. The third-order valence-electron chi connectivity index (χ3n) is 5.23. The largest absolute Gasteiger partial charge is 0.478 e. The first kappa shape index (κ1) is 21.5. The lowest BCUT2D eigenvalue weighted by Gasteiger charge is -2.18. The highest BCUT2D eigenvalue weighted by Crippen LogP contribution is 2.41. The van der Waals surface area contributed by atoms with Crippen molar-refractivity contribution in [2.45, 2.75) is 25.1 Å². The van der Waals surface area contributed by atoms with Gasteiger partial charge in [0.25, 0.3) is 5.91 Å². The molecule has 0 unspecified atom stereocenters. The van der Waals surface area contributed by atoms with Crippen LogP contribution in [-0.2, 0) is 6.18 Å². The van der Waals surface area contributed by atoms with E-state index >= 15 is 0 Å². The number of amides is 1. The Balaban J connectivity index is 1.94. The van der Waals surface area contributed by atoms with Gasteiger partial charge in [0.2, 0.25) is 0 Å². The maximum Gasteiger partial charge on any atom is 0.417 e. The zero-order chi connectivity index (χ0) is 23.2. The van der Waals surface area contributed by atoms with Crippen LogP contribution in [0.4, 0.5) is 23.2 Å². The third-order valence-corrected chi connectivity index (χ3v) is 5.23. The molecule has 1 aliphatic carbocycles. The fourth-order valence-electron chi connectivity index (χ4n) is 3.50. The van der Waals surface area contributed by atoms with Crippen molar-refractivity contribution in [2.75, 3.05) is 12.4 Å². The van der Waals surface area contributed by atoms with Crippen molar-refractivity contribution in [3.63, 3.8) is 0 Å². The number of nitrogens with one attached hydrogen (secondary N) is 2. The van der Waals surface area contributed by atoms with Crippen molar-refractivity contribution in [2.24, 2.45) is 0 Å². The number of aromatic nitrogens is 1. The zero-order valence-corrected chi connectivity index (χ0v) is 16.7. The monoisotopic (exact) mass is 447 g/mol. The summed E-state index contributed by atoms with van der Waals surface area (Å²) in [6.07, 6.45) is -1.85. The van der Waals surface area contributed by atoms with E-state index < -0.39 is 35.0 Å². The molecule has 3 aromatic rings. The first-order valence-electron chi connectivity index (χ1n) is 9.66. The second-order valence-electron chi connectivity index (χ2n) is 7.46. The summed E-state index contributed by atoms with van der Waals surface area (Å²) < 4.78 is 55.7. The number of carboxylic acid groups (broad SMARTS) is 1. The Bertz CT molecular complexity index is 1250. The number of benzene rings is 2. The van der Waals surface area contributed by atoms with E-state index in [2.05, 4.69) is 15.6 Å². The van der Waals surface area contributed by atoms with Crippen LogP contribution in [0.25, 0.3) is 22.0 Å². The highest BCUT2D eigenvalue weighted by Gasteiger charge is 2.35. The quantitative estimate of drug-likeness (QED) is 0.494. The number of fused-ring (bicyclic) bond motifs is 1. The molecule has 4 rings (SSSR count). The molecule has 32 heavy (non-hydrogen) atoms. The Morgan fingerprint density at radius 1 is 1.12 bits per heavy atom. The summed E-state index contributed by atoms with van der Waals surface area (Å²) in [5.41, 5.74) is -1.78. The van der Waals surface area contributed by atoms with Crippen LogP contribution in [0.2, 0.25) is 0 Å². The van der Waals surface area contributed by atoms with E-state index in [1.165, 1.54) is 19.3 Å². The van der Waals surface area contributed by atoms with Gasteiger partial charge in [0.05, 0.1) is 27.9 Å². The smallest absolute Gasteiger partial charge is 0.417 e. The average molecular weight is 447 g/mol. The van der Waals surface area contributed by atoms with Crippen molar-refractivity contribution >= 4 is 28.5 Å². The number of nitrogens with zero attached hydrogens (tertiary/aromatic N) is 1. The molecule has 10 heteroatoms. The molecule has 1 heterocycles. The van der Waals surface area contributed by atoms with Crippen molar-refractivity contribution in [3.8, 4) is 11.1 Å². The number of anilines is 1. The van der Waals surface area contributed by atoms with Gasteiger partial charge < -0.3 is 15.7 Å². The minimum Gasteiger partial charge on any atom is -0.478 e. The summed E-state index contributed by atoms with van der Waals surface area (Å²) in [5.74, 6) is -3.09. The van der Waals surface area contributed by atoms with Crippen LogP contribution in [0.3, 0.4) is 0 Å². The van der Waals surface area contributed by atoms with Crippen LogP contribution in [0.5, 0.6) is 0 Å². The summed E-state index contributed by atoms with van der Waals surface area (Å²) in [6, 6.07) is 4.85. The van der Waals surface area contributed by atoms with Gasteiger partial charge in [-0.05, 0) is 48.2 Å². The van der Waals surface area contributed by atoms with Gasteiger partial charge in [0.1, 0.15) is 5.82 Å². The second kappa shape index (κ2) is 7.77. The Hall–Kier alpha value is -3.69. The molecule has 3 N–H and O–H groups in total. The van der Waals surface area contributed by atoms with E-state index in [0.717, 1.165) is 37.1 Å². The molecule has 0 radical (unpaired) electrons. The fraction of sp³-hybridized carbons (Fsp3) is 0.227. The molecule has 0 bridgehead atoms. The number of carbonyl (C=O) groups is 2. The van der Waals surface area contributed by atoms with Crippen molar-refractivity contribution < 1.29 is 32.3 Å². The molecule has 166 valence electrons. The number of halogens is 4. The molecule has 0 atom stereocenters. The Morgan fingerprint density at radius 3 is 2.41 bits per heavy atom. The van der Waals surface area contributed by atoms with Gasteiger partial charge >= 0.3 is 12.1 Å². The summed E-state index contributed by atoms with van der Waals surface area (Å²) in [4.78, 5) is 27.7. The Labute approximate surface area is 179 Å². The minimum atomic E-state index is -4.78. The maximum absolute atomic E-state index is 14.2. The summed E-state index contributed by atoms with van der Waals surface area (Å²) in [5, 5.41) is 14.9. The van der Waals surface area contributed by atoms with Gasteiger partial charge in [-0.3, -0.25) is 9.78 Å². The van der Waals surface area contributed by atoms with E-state index in [1.54, 1.807) is 0 Å². The normalized spacial score (nSPS) is 13.8. The van der Waals surface area contributed by atoms with Gasteiger partial charge in [0.15, 0.2) is 0 Å². The average Bonchev–Trinajstić information content (AvgIpc) is 3.54. The SMILES string of the molecule is CNc1c(C(=O)NC2CC2)cnc2cc(C(F)(F)F)c(-c3ccc(C(=O)O)c(F)c3)cc12. The molecular formula is C22H17F4N3O3. The van der Waals surface area contributed by atoms with Crippen LogP contribution < -0.4 is 10.6 Å². The molecule has 0 spiro atoms. The number of carboxylic acids is 1. The number of hydrogen-bond acceptors (Lipinski definition) is 4. The molecule has 0 saturated heterocycles. The van der Waals surface area contributed by atoms with Crippen molar-refractivity contribution in [1.82, 2.24) is 10.3 Å². The van der Waals surface area contributed by atoms with Gasteiger partial charge in [0, 0.05) is 24.7 Å². The lowest BCUT2D eigenvalue weighted by atomic mass is 9.94. The first-order chi connectivity index (χ1) is 15.1. The van der Waals surface area contributed by atoms with E-state index in [0.29, 0.717) is 0 Å². The lowest BCUT2D eigenvalue weighted by Crippen LogP contribution is -2.26. The predicted molar refractivity (Wildman–Crippen MR) is 109 cm³/mol. The summed E-state index contributed by atoms with van der Waals surface area (Å²) in [6.45, 7) is 0. The zero-order valence-electron chi connectivity index (χ0n) is 16.7. The van der Waals surface area contributed by atoms with Crippen molar-refractivity contribution in [3.05, 3.63) is 59.0 Å². The fourth-order valence-corrected chi connectivity index (χ4v) is 3.50. The van der Waals surface area contributed by atoms with Crippen LogP contribution in [0, 0.1) is 5.82 Å². The number of pyridine rings is 1. The standard InChI is InChI=1S/C22H17F4N3O3/c1-27-19-14-7-13(10-2-5-12(21(31)32)17(23)6-10)16(22(24,25)26)8-18(14)28-9-15(19)20(30)29-11-3-4-11/h2,5-9,11H,3-4H2,1H3,(H,27,28)(H,29,30)(H,31,32). The third kappa shape index (κ3) is 3.95. The van der Waals surface area contributed by atoms with E-state index in [9.17, 15) is 27.2 Å². The molecule has 6 nitrogen and oxygen atoms in total. The Kier molecular flexibility index (Phi) is 5.23. The predicted octanol–water partition coefficient (Wildman–Crippen LogP) is 4.69. The number of rotatable bonds is 5. The number of alkyl halides is 3. The van der Waals surface area contributed by atoms with Gasteiger partial charge in [-0.25, -0.2) is 9.18 Å². The molecule has 1 aromatic heterocycles. The molecule has 1 amide bonds. The van der Waals surface area contributed by atoms with Crippen LogP contribution in [-0.4, -0.2) is 35.1 Å². The molecule has 1 fully saturated rings. The number of aromatic carboxylic acids is 1. The lowest BCUT2D eigenvalue weighted by molar-refractivity contribution is -0.137. The topological polar surface area (TPSA) is 91.3 Å². The Morgan fingerprint density at radius 2 is 1.84 bits per heavy atom. The highest BCUT2D eigenvalue weighted by atomic mass is 19.4. The number of carbonyl (C=O) groups excluding carboxylic acids is 1. The van der Waals surface area contributed by atoms with Crippen molar-refractivity contribution in [1.29, 1.82) is 0 Å². The van der Waals surface area contributed by atoms with Gasteiger partial charge in [-0.1, -0.05) is 6.07 Å².